The van der Waals surface area contributed by atoms with Crippen molar-refractivity contribution in [1.82, 2.24) is 76.9 Å². The van der Waals surface area contributed by atoms with Crippen LogP contribution >= 0.6 is 11.8 Å². The molecule has 4 fully saturated rings. The number of phenolic OH excluding ortho intramolecular Hbond substituents is 2. The number of fused-ring (bicyclic) bond motifs is 4. The minimum Gasteiger partial charge on any atom is -0.508 e. The Balaban J connectivity index is 0.975. The average molecular weight is 1870 g/mol. The maximum absolute atomic E-state index is 15.8. The third-order valence-corrected chi connectivity index (χ3v) is 26.0. The van der Waals surface area contributed by atoms with Crippen molar-refractivity contribution in [3.63, 3.8) is 0 Å². The van der Waals surface area contributed by atoms with Crippen LogP contribution < -0.4 is 48.3 Å². The van der Waals surface area contributed by atoms with E-state index < -0.39 is 221 Å². The Kier molecular flexibility index (Phi) is 35.4. The van der Waals surface area contributed by atoms with Gasteiger partial charge in [0.15, 0.2) is 17.5 Å². The second kappa shape index (κ2) is 46.8. The topological polar surface area (TPSA) is 454 Å². The highest BCUT2D eigenvalue weighted by atomic mass is 32.2. The van der Waals surface area contributed by atoms with Crippen molar-refractivity contribution in [1.29, 1.82) is 0 Å². The molecule has 716 valence electrons. The number of amides is 15. The van der Waals surface area contributed by atoms with Gasteiger partial charge in [-0.15, -0.1) is 11.8 Å². The van der Waals surface area contributed by atoms with Crippen LogP contribution in [0.5, 0.6) is 11.5 Å². The molecule has 4 aliphatic heterocycles. The monoisotopic (exact) mass is 1870 g/mol. The van der Waals surface area contributed by atoms with Crippen LogP contribution in [-0.4, -0.2) is 271 Å². The first-order valence-electron chi connectivity index (χ1n) is 45.3. The van der Waals surface area contributed by atoms with Gasteiger partial charge in [-0.2, -0.15) is 0 Å². The van der Waals surface area contributed by atoms with E-state index in [0.717, 1.165) is 4.90 Å². The molecule has 0 saturated carbocycles. The molecule has 0 radical (unpaired) electrons. The number of hydrogen-bond acceptors (Lipinski definition) is 18. The van der Waals surface area contributed by atoms with Crippen molar-refractivity contribution in [3.8, 4) is 11.5 Å². The van der Waals surface area contributed by atoms with Gasteiger partial charge in [0, 0.05) is 102 Å². The molecule has 4 saturated heterocycles. The number of nitrogens with zero attached hydrogens (tertiary/aromatic N) is 6. The first-order chi connectivity index (χ1) is 64.0. The van der Waals surface area contributed by atoms with Crippen LogP contribution in [0.1, 0.15) is 126 Å². The number of carbonyl (C=O) groups excluding carboxylic acids is 15. The van der Waals surface area contributed by atoms with Crippen molar-refractivity contribution in [2.75, 3.05) is 58.8 Å². The number of aromatic nitrogens is 1. The maximum Gasteiger partial charge on any atom is 0.246 e. The predicted molar refractivity (Wildman–Crippen MR) is 492 cm³/mol. The number of likely N-dealkylation sites (N-methyl/N-ethyl adjacent to an activating group) is 3. The minimum absolute atomic E-state index is 0.0380. The number of primary amides is 1. The number of phenols is 2. The van der Waals surface area contributed by atoms with Crippen LogP contribution in [0.2, 0.25) is 0 Å². The Bertz CT molecular complexity index is 5380. The van der Waals surface area contributed by atoms with Crippen molar-refractivity contribution in [3.05, 3.63) is 203 Å². The van der Waals surface area contributed by atoms with E-state index in [1.54, 1.807) is 119 Å². The maximum atomic E-state index is 15.8. The van der Waals surface area contributed by atoms with Crippen LogP contribution in [0.3, 0.4) is 0 Å². The summed E-state index contributed by atoms with van der Waals surface area (Å²) >= 11 is 0.703. The highest BCUT2D eigenvalue weighted by Crippen LogP contribution is 2.31. The molecule has 15 amide bonds. The normalized spacial score (nSPS) is 23.9. The van der Waals surface area contributed by atoms with E-state index in [0.29, 0.717) is 88.3 Å². The van der Waals surface area contributed by atoms with Gasteiger partial charge < -0.3 is 92.9 Å². The molecule has 4 aliphatic rings. The third kappa shape index (κ3) is 26.1. The van der Waals surface area contributed by atoms with Gasteiger partial charge in [-0.25, -0.2) is 13.2 Å². The Labute approximate surface area is 779 Å². The van der Waals surface area contributed by atoms with Crippen LogP contribution in [-0.2, 0) is 110 Å². The van der Waals surface area contributed by atoms with Gasteiger partial charge in [-0.05, 0) is 133 Å². The molecule has 33 nitrogen and oxygen atoms in total. The first-order valence-corrected chi connectivity index (χ1v) is 46.4. The fourth-order valence-electron chi connectivity index (χ4n) is 17.4. The second-order valence-electron chi connectivity index (χ2n) is 35.5. The number of aromatic hydroxyl groups is 2. The molecule has 11 rings (SSSR count). The molecule has 134 heavy (non-hydrogen) atoms. The largest absolute Gasteiger partial charge is 0.508 e. The third-order valence-electron chi connectivity index (χ3n) is 25.0. The van der Waals surface area contributed by atoms with E-state index in [9.17, 15) is 29.0 Å². The average Bonchev–Trinajstić information content (AvgIpc) is 1.14. The van der Waals surface area contributed by atoms with Gasteiger partial charge in [-0.3, -0.25) is 71.9 Å². The van der Waals surface area contributed by atoms with E-state index in [1.807, 2.05) is 6.92 Å². The van der Waals surface area contributed by atoms with E-state index in [1.165, 1.54) is 94.2 Å². The molecule has 5 heterocycles. The molecule has 13 N–H and O–H groups in total. The lowest BCUT2D eigenvalue weighted by Gasteiger charge is -2.42. The first kappa shape index (κ1) is 101. The number of halogens is 3. The van der Waals surface area contributed by atoms with E-state index in [2.05, 4.69) is 47.5 Å². The lowest BCUT2D eigenvalue weighted by atomic mass is 9.95. The molecule has 0 unspecified atom stereocenters. The number of aromatic amines is 1. The number of nitrogens with two attached hydrogens (primary N) is 1. The molecular formula is C97H119F3N16O17S. The molecule has 0 aliphatic carbocycles. The summed E-state index contributed by atoms with van der Waals surface area (Å²) in [7, 11) is 4.01. The van der Waals surface area contributed by atoms with Gasteiger partial charge in [0.1, 0.15) is 90.0 Å². The molecule has 6 aromatic carbocycles. The number of carbonyl (C=O) groups is 15. The molecule has 0 spiro atoms. The van der Waals surface area contributed by atoms with Crippen LogP contribution in [0, 0.1) is 29.3 Å². The van der Waals surface area contributed by atoms with E-state index >= 15 is 66.3 Å². The quantitative estimate of drug-likeness (QED) is 0.0442. The number of rotatable bonds is 21. The number of H-pyrrole nitrogens is 1. The van der Waals surface area contributed by atoms with Gasteiger partial charge in [0.25, 0.3) is 0 Å². The smallest absolute Gasteiger partial charge is 0.246 e. The lowest BCUT2D eigenvalue weighted by molar-refractivity contribution is -0.154. The molecule has 37 heteroatoms. The molecule has 0 bridgehead atoms. The van der Waals surface area contributed by atoms with Gasteiger partial charge in [0.2, 0.25) is 88.6 Å². The number of para-hydroxylation sites is 1. The number of benzene rings is 6. The van der Waals surface area contributed by atoms with Crippen molar-refractivity contribution in [2.24, 2.45) is 17.6 Å². The standard InChI is InChI=1S/C97H119F3N16O17S/c1-9-10-27-77-95(131)115-40-20-29-78(115)96(132)114-39-19-28-75(114)90(126)110-84(56(4)5)97(133)112(7)79(48-57-21-13-11-14-22-57)91(127)108-73(46-60-32-36-64(118)37-33-60)93(129)116-41-38-76(116)89(125)107-71(50-62-51-102-68-26-18-17-25-65(62)68)88(124)106-70(45-59-30-34-63(117)35-31-59)87(123)105-69(42-55(2)3)86(122)109-74(85(121)103-52-81(101)119)53-134-54-82(120)104-72(47-61-43-66(98)83(100)67(99)44-61)92(128)113(8)80(94(130)111(77)6)49-58-23-15-12-16-24-58/h11-18,21-26,30-37,43-44,51,55-56,69-80,84,102,117-118H,9-10,19-20,27-29,38-42,45-50,52-54H2,1-8H3,(H2,101,119)(H,103,121)(H,104,120)(H,105,123)(H,106,124)(H,107,125)(H,108,127)(H,109,122)(H,110,126)/t69-,70-,71-,72-,73-,74-,75-,76+,77-,78+,79-,80-,84-/m0/s1. The van der Waals surface area contributed by atoms with Gasteiger partial charge in [0.05, 0.1) is 12.3 Å². The lowest BCUT2D eigenvalue weighted by Crippen LogP contribution is -2.65. The number of unbranched alkanes of at least 4 members (excludes halogenated alkanes) is 1. The zero-order valence-electron chi connectivity index (χ0n) is 76.3. The van der Waals surface area contributed by atoms with Crippen molar-refractivity contribution in [2.45, 2.75) is 209 Å². The zero-order valence-corrected chi connectivity index (χ0v) is 77.1. The van der Waals surface area contributed by atoms with Crippen molar-refractivity contribution >= 4 is 111 Å². The Hall–Kier alpha value is -13.4. The number of hydrogen-bond donors (Lipinski definition) is 12. The number of nitrogens with one attached hydrogen (secondary N) is 9. The summed E-state index contributed by atoms with van der Waals surface area (Å²) in [5.74, 6) is -20.4. The number of thioether (sulfide) groups is 1. The second-order valence-corrected chi connectivity index (χ2v) is 36.5. The van der Waals surface area contributed by atoms with Crippen LogP contribution in [0.25, 0.3) is 10.9 Å². The molecular weight excluding hydrogens is 1750 g/mol. The summed E-state index contributed by atoms with van der Waals surface area (Å²) in [5, 5.41) is 43.3. The summed E-state index contributed by atoms with van der Waals surface area (Å²) in [4.78, 5) is 237. The highest BCUT2D eigenvalue weighted by Gasteiger charge is 2.49. The molecule has 1 aromatic heterocycles. The fraction of sp³-hybridized carbons (Fsp3) is 0.454. The Morgan fingerprint density at radius 3 is 1.54 bits per heavy atom. The Morgan fingerprint density at radius 1 is 0.478 bits per heavy atom. The summed E-state index contributed by atoms with van der Waals surface area (Å²) in [5.41, 5.74) is 8.24. The summed E-state index contributed by atoms with van der Waals surface area (Å²) in [6.07, 6.45) is 1.54. The SMILES string of the molecule is CCCC[C@H]1C(=O)N2CCC[C@@H]2C(=O)N2CCC[C@H]2C(=O)N[C@@H](C(C)C)C(=O)N(C)[C@@H](Cc2ccccc2)C(=O)N[C@@H](Cc2ccc(O)cc2)C(=O)N2CC[C@@H]2C(=O)N[C@@H](Cc2c[nH]c3ccccc23)C(=O)N[C@@H](Cc2ccc(O)cc2)C(=O)N[C@@H](CC(C)C)C(=O)N[C@H](C(=O)NCC(N)=O)CSCC(=O)N[C@@H](Cc2cc(F)c(F)c(F)c2)C(=O)N(C)[C@@H](Cc2ccccc2)C(=O)N1C. The predicted octanol–water partition coefficient (Wildman–Crippen LogP) is 4.45. The summed E-state index contributed by atoms with van der Waals surface area (Å²) < 4.78 is 45.2. The zero-order chi connectivity index (χ0) is 96.9. The summed E-state index contributed by atoms with van der Waals surface area (Å²) in [6, 6.07) is 18.0. The molecule has 13 atom stereocenters. The van der Waals surface area contributed by atoms with E-state index in [4.69, 9.17) is 5.73 Å². The summed E-state index contributed by atoms with van der Waals surface area (Å²) in [6.45, 7) is 8.01. The highest BCUT2D eigenvalue weighted by molar-refractivity contribution is 8.00. The fourth-order valence-corrected chi connectivity index (χ4v) is 18.3. The van der Waals surface area contributed by atoms with Crippen LogP contribution in [0.4, 0.5) is 13.2 Å². The Morgan fingerprint density at radius 2 is 0.963 bits per heavy atom. The van der Waals surface area contributed by atoms with Crippen LogP contribution in [0.15, 0.2) is 152 Å². The van der Waals surface area contributed by atoms with Gasteiger partial charge in [-0.1, -0.05) is 151 Å². The van der Waals surface area contributed by atoms with E-state index in [-0.39, 0.29) is 101 Å². The van der Waals surface area contributed by atoms with Gasteiger partial charge >= 0.3 is 0 Å². The minimum atomic E-state index is -1.84. The molecule has 7 aromatic rings. The van der Waals surface area contributed by atoms with Crippen molar-refractivity contribution < 1.29 is 95.3 Å².